The minimum absolute atomic E-state index is 0.136. The molecule has 0 unspecified atom stereocenters. The van der Waals surface area contributed by atoms with E-state index in [0.29, 0.717) is 17.1 Å². The predicted molar refractivity (Wildman–Crippen MR) is 89.3 cm³/mol. The molecule has 2 amide bonds. The fourth-order valence-electron chi connectivity index (χ4n) is 2.54. The largest absolute Gasteiger partial charge is 0.454 e. The molecular formula is C18H17FN2O4. The van der Waals surface area contributed by atoms with Crippen molar-refractivity contribution >= 4 is 17.5 Å². The van der Waals surface area contributed by atoms with Crippen LogP contribution in [0.2, 0.25) is 0 Å². The van der Waals surface area contributed by atoms with E-state index in [1.54, 1.807) is 30.3 Å². The van der Waals surface area contributed by atoms with Crippen LogP contribution in [0.15, 0.2) is 42.5 Å². The predicted octanol–water partition coefficient (Wildman–Crippen LogP) is 2.34. The van der Waals surface area contributed by atoms with Crippen LogP contribution in [0.5, 0.6) is 11.5 Å². The number of rotatable bonds is 5. The molecule has 0 saturated carbocycles. The number of hydrogen-bond donors (Lipinski definition) is 1. The van der Waals surface area contributed by atoms with Crippen LogP contribution < -0.4 is 19.7 Å². The lowest BCUT2D eigenvalue weighted by atomic mass is 10.2. The summed E-state index contributed by atoms with van der Waals surface area (Å²) in [5, 5.41) is 2.71. The summed E-state index contributed by atoms with van der Waals surface area (Å²) in [7, 11) is 0. The van der Waals surface area contributed by atoms with Crippen molar-refractivity contribution in [2.24, 2.45) is 0 Å². The Morgan fingerprint density at radius 2 is 1.92 bits per heavy atom. The summed E-state index contributed by atoms with van der Waals surface area (Å²) in [5.74, 6) is 0.0146. The molecular weight excluding hydrogens is 327 g/mol. The van der Waals surface area contributed by atoms with E-state index in [-0.39, 0.29) is 37.4 Å². The molecule has 0 saturated heterocycles. The fourth-order valence-corrected chi connectivity index (χ4v) is 2.54. The van der Waals surface area contributed by atoms with Crippen molar-refractivity contribution in [3.05, 3.63) is 53.8 Å². The molecule has 0 atom stereocenters. The van der Waals surface area contributed by atoms with Crippen molar-refractivity contribution in [3.8, 4) is 11.5 Å². The highest BCUT2D eigenvalue weighted by Gasteiger charge is 2.18. The molecule has 0 fully saturated rings. The van der Waals surface area contributed by atoms with Gasteiger partial charge in [-0.05, 0) is 30.3 Å². The second-order valence-electron chi connectivity index (χ2n) is 5.45. The monoisotopic (exact) mass is 344 g/mol. The van der Waals surface area contributed by atoms with E-state index in [1.807, 2.05) is 0 Å². The van der Waals surface area contributed by atoms with E-state index in [1.165, 1.54) is 24.0 Å². The Morgan fingerprint density at radius 1 is 1.16 bits per heavy atom. The van der Waals surface area contributed by atoms with Gasteiger partial charge in [0.2, 0.25) is 12.7 Å². The zero-order valence-corrected chi connectivity index (χ0v) is 13.6. The first kappa shape index (κ1) is 16.8. The van der Waals surface area contributed by atoms with Crippen LogP contribution in [0.4, 0.5) is 10.1 Å². The van der Waals surface area contributed by atoms with Gasteiger partial charge in [0.1, 0.15) is 5.82 Å². The Kier molecular flexibility index (Phi) is 4.83. The van der Waals surface area contributed by atoms with Crippen molar-refractivity contribution in [2.75, 3.05) is 24.8 Å². The SMILES string of the molecule is CC(=O)N(CCNC(=O)c1ccc2c(c1)OCO2)c1ccccc1F. The Labute approximate surface area is 144 Å². The maximum Gasteiger partial charge on any atom is 0.251 e. The molecule has 7 heteroatoms. The lowest BCUT2D eigenvalue weighted by Crippen LogP contribution is -2.38. The van der Waals surface area contributed by atoms with Gasteiger partial charge in [0, 0.05) is 25.6 Å². The summed E-state index contributed by atoms with van der Waals surface area (Å²) in [4.78, 5) is 25.3. The second kappa shape index (κ2) is 7.21. The summed E-state index contributed by atoms with van der Waals surface area (Å²) in [6.45, 7) is 1.83. The van der Waals surface area contributed by atoms with E-state index in [0.717, 1.165) is 0 Å². The number of nitrogens with one attached hydrogen (secondary N) is 1. The first-order valence-corrected chi connectivity index (χ1v) is 7.77. The van der Waals surface area contributed by atoms with Gasteiger partial charge in [-0.25, -0.2) is 4.39 Å². The van der Waals surface area contributed by atoms with Crippen LogP contribution in [0, 0.1) is 5.82 Å². The minimum atomic E-state index is -0.486. The Hall–Kier alpha value is -3.09. The van der Waals surface area contributed by atoms with Crippen LogP contribution in [0.25, 0.3) is 0 Å². The summed E-state index contributed by atoms with van der Waals surface area (Å²) in [5.41, 5.74) is 0.608. The number of benzene rings is 2. The molecule has 130 valence electrons. The second-order valence-corrected chi connectivity index (χ2v) is 5.45. The van der Waals surface area contributed by atoms with Gasteiger partial charge in [0.05, 0.1) is 5.69 Å². The van der Waals surface area contributed by atoms with E-state index >= 15 is 0 Å². The van der Waals surface area contributed by atoms with Gasteiger partial charge in [0.25, 0.3) is 5.91 Å². The number of anilines is 1. The van der Waals surface area contributed by atoms with Gasteiger partial charge >= 0.3 is 0 Å². The summed E-state index contributed by atoms with van der Waals surface area (Å²) < 4.78 is 24.3. The van der Waals surface area contributed by atoms with Crippen LogP contribution in [0.1, 0.15) is 17.3 Å². The van der Waals surface area contributed by atoms with Crippen LogP contribution in [-0.4, -0.2) is 31.7 Å². The van der Waals surface area contributed by atoms with Crippen molar-refractivity contribution in [3.63, 3.8) is 0 Å². The number of hydrogen-bond acceptors (Lipinski definition) is 4. The molecule has 1 N–H and O–H groups in total. The third-order valence-electron chi connectivity index (χ3n) is 3.78. The lowest BCUT2D eigenvalue weighted by molar-refractivity contribution is -0.116. The van der Waals surface area contributed by atoms with Crippen molar-refractivity contribution in [2.45, 2.75) is 6.92 Å². The fraction of sp³-hybridized carbons (Fsp3) is 0.222. The number of nitrogens with zero attached hydrogens (tertiary/aromatic N) is 1. The normalized spacial score (nSPS) is 11.9. The quantitative estimate of drug-likeness (QED) is 0.904. The molecule has 2 aromatic rings. The third-order valence-corrected chi connectivity index (χ3v) is 3.78. The standard InChI is InChI=1S/C18H17FN2O4/c1-12(22)21(15-5-3-2-4-14(15)19)9-8-20-18(23)13-6-7-16-17(10-13)25-11-24-16/h2-7,10H,8-9,11H2,1H3,(H,20,23). The number of ether oxygens (including phenoxy) is 2. The molecule has 0 bridgehead atoms. The summed E-state index contributed by atoms with van der Waals surface area (Å²) >= 11 is 0. The molecule has 1 aliphatic heterocycles. The number of carbonyl (C=O) groups excluding carboxylic acids is 2. The van der Waals surface area contributed by atoms with E-state index < -0.39 is 5.82 Å². The van der Waals surface area contributed by atoms with Crippen molar-refractivity contribution in [1.29, 1.82) is 0 Å². The van der Waals surface area contributed by atoms with Crippen LogP contribution in [0.3, 0.4) is 0 Å². The van der Waals surface area contributed by atoms with Gasteiger partial charge in [-0.2, -0.15) is 0 Å². The Morgan fingerprint density at radius 3 is 2.68 bits per heavy atom. The van der Waals surface area contributed by atoms with Gasteiger partial charge in [-0.3, -0.25) is 9.59 Å². The average Bonchev–Trinajstić information content (AvgIpc) is 3.07. The average molecular weight is 344 g/mol. The smallest absolute Gasteiger partial charge is 0.251 e. The lowest BCUT2D eigenvalue weighted by Gasteiger charge is -2.21. The molecule has 1 aliphatic rings. The van der Waals surface area contributed by atoms with E-state index in [4.69, 9.17) is 9.47 Å². The van der Waals surface area contributed by atoms with E-state index in [2.05, 4.69) is 5.32 Å². The van der Waals surface area contributed by atoms with Crippen LogP contribution >= 0.6 is 0 Å². The third kappa shape index (κ3) is 3.71. The molecule has 0 aromatic heterocycles. The summed E-state index contributed by atoms with van der Waals surface area (Å²) in [6.07, 6.45) is 0. The van der Waals surface area contributed by atoms with Crippen molar-refractivity contribution in [1.82, 2.24) is 5.32 Å². The molecule has 1 heterocycles. The maximum absolute atomic E-state index is 13.9. The number of carbonyl (C=O) groups is 2. The van der Waals surface area contributed by atoms with E-state index in [9.17, 15) is 14.0 Å². The first-order valence-electron chi connectivity index (χ1n) is 7.77. The molecule has 25 heavy (non-hydrogen) atoms. The van der Waals surface area contributed by atoms with Crippen LogP contribution in [-0.2, 0) is 4.79 Å². The highest BCUT2D eigenvalue weighted by Crippen LogP contribution is 2.32. The van der Waals surface area contributed by atoms with Gasteiger partial charge in [-0.15, -0.1) is 0 Å². The highest BCUT2D eigenvalue weighted by molar-refractivity contribution is 5.95. The molecule has 0 radical (unpaired) electrons. The number of amides is 2. The Bertz CT molecular complexity index is 809. The highest BCUT2D eigenvalue weighted by atomic mass is 19.1. The summed E-state index contributed by atoms with van der Waals surface area (Å²) in [6, 6.07) is 10.9. The first-order chi connectivity index (χ1) is 12.1. The molecule has 2 aromatic carbocycles. The van der Waals surface area contributed by atoms with Crippen molar-refractivity contribution < 1.29 is 23.5 Å². The molecule has 0 spiro atoms. The molecule has 0 aliphatic carbocycles. The van der Waals surface area contributed by atoms with Gasteiger partial charge in [-0.1, -0.05) is 12.1 Å². The minimum Gasteiger partial charge on any atom is -0.454 e. The Balaban J connectivity index is 1.62. The van der Waals surface area contributed by atoms with Gasteiger partial charge < -0.3 is 19.7 Å². The molecule has 6 nitrogen and oxygen atoms in total. The zero-order valence-electron chi connectivity index (χ0n) is 13.6. The molecule has 3 rings (SSSR count). The van der Waals surface area contributed by atoms with Gasteiger partial charge in [0.15, 0.2) is 11.5 Å². The number of halogens is 1. The topological polar surface area (TPSA) is 67.9 Å². The zero-order chi connectivity index (χ0) is 17.8. The number of para-hydroxylation sites is 1. The number of fused-ring (bicyclic) bond motifs is 1. The maximum atomic E-state index is 13.9.